The lowest BCUT2D eigenvalue weighted by Gasteiger charge is -2.16. The Bertz CT molecular complexity index is 1330. The van der Waals surface area contributed by atoms with Gasteiger partial charge in [-0.15, -0.1) is 0 Å². The molecule has 4 rings (SSSR count). The molecular weight excluding hydrogens is 471 g/mol. The van der Waals surface area contributed by atoms with Gasteiger partial charge in [-0.2, -0.15) is 18.4 Å². The number of nitriles is 1. The van der Waals surface area contributed by atoms with Crippen molar-refractivity contribution in [3.63, 3.8) is 0 Å². The van der Waals surface area contributed by atoms with E-state index in [2.05, 4.69) is 20.6 Å². The van der Waals surface area contributed by atoms with E-state index in [0.717, 1.165) is 6.07 Å². The molecule has 1 amide bonds. The van der Waals surface area contributed by atoms with E-state index in [1.807, 2.05) is 6.07 Å². The summed E-state index contributed by atoms with van der Waals surface area (Å²) in [6, 6.07) is 12.1. The van der Waals surface area contributed by atoms with Crippen molar-refractivity contribution in [2.24, 2.45) is 5.41 Å². The molecular formula is C26H22F3N5O2. The Balaban J connectivity index is 1.34. The summed E-state index contributed by atoms with van der Waals surface area (Å²) in [6.07, 6.45) is -0.548. The van der Waals surface area contributed by atoms with Crippen LogP contribution in [0.3, 0.4) is 0 Å². The Hall–Kier alpha value is -4.26. The summed E-state index contributed by atoms with van der Waals surface area (Å²) < 4.78 is 40.0. The molecule has 1 aliphatic carbocycles. The molecule has 3 aromatic rings. The lowest BCUT2D eigenvalue weighted by atomic mass is 9.95. The zero-order valence-corrected chi connectivity index (χ0v) is 19.3. The van der Waals surface area contributed by atoms with Gasteiger partial charge >= 0.3 is 6.18 Å². The van der Waals surface area contributed by atoms with E-state index in [1.54, 1.807) is 25.1 Å². The molecule has 184 valence electrons. The Kier molecular flexibility index (Phi) is 6.75. The summed E-state index contributed by atoms with van der Waals surface area (Å²) in [4.78, 5) is 33.5. The van der Waals surface area contributed by atoms with Gasteiger partial charge < -0.3 is 10.6 Å². The summed E-state index contributed by atoms with van der Waals surface area (Å²) in [5, 5.41) is 14.4. The SMILES string of the molecule is Cc1ccc(Nc2ccc(CNC(=O)C3(CC(=O)c4ccc(C#N)nc4)CC3)nc2)c(C(F)(F)F)c1. The van der Waals surface area contributed by atoms with Gasteiger partial charge in [0.25, 0.3) is 0 Å². The number of hydrogen-bond donors (Lipinski definition) is 2. The summed E-state index contributed by atoms with van der Waals surface area (Å²) >= 11 is 0. The number of aromatic nitrogens is 2. The van der Waals surface area contributed by atoms with Crippen LogP contribution in [0.2, 0.25) is 0 Å². The molecule has 2 N–H and O–H groups in total. The Morgan fingerprint density at radius 3 is 2.44 bits per heavy atom. The molecule has 1 aliphatic rings. The molecule has 0 spiro atoms. The number of halogens is 3. The number of anilines is 2. The first-order chi connectivity index (χ1) is 17.1. The minimum atomic E-state index is -4.50. The number of rotatable bonds is 8. The van der Waals surface area contributed by atoms with Gasteiger partial charge in [0.1, 0.15) is 11.8 Å². The molecule has 10 heteroatoms. The topological polar surface area (TPSA) is 108 Å². The maximum absolute atomic E-state index is 13.3. The average Bonchev–Trinajstić information content (AvgIpc) is 3.64. The van der Waals surface area contributed by atoms with Crippen molar-refractivity contribution >= 4 is 23.1 Å². The molecule has 2 heterocycles. The smallest absolute Gasteiger partial charge is 0.354 e. The van der Waals surface area contributed by atoms with Crippen molar-refractivity contribution in [1.82, 2.24) is 15.3 Å². The third-order valence-electron chi connectivity index (χ3n) is 6.05. The van der Waals surface area contributed by atoms with Gasteiger partial charge in [-0.3, -0.25) is 14.6 Å². The highest BCUT2D eigenvalue weighted by Crippen LogP contribution is 2.49. The fourth-order valence-corrected chi connectivity index (χ4v) is 3.79. The lowest BCUT2D eigenvalue weighted by Crippen LogP contribution is -2.33. The number of pyridine rings is 2. The molecule has 1 fully saturated rings. The van der Waals surface area contributed by atoms with Crippen LogP contribution in [0.25, 0.3) is 0 Å². The molecule has 0 aliphatic heterocycles. The number of carbonyl (C=O) groups excluding carboxylic acids is 2. The van der Waals surface area contributed by atoms with Gasteiger partial charge in [0, 0.05) is 18.2 Å². The molecule has 0 unspecified atom stereocenters. The lowest BCUT2D eigenvalue weighted by molar-refractivity contribution is -0.137. The second-order valence-corrected chi connectivity index (χ2v) is 8.82. The van der Waals surface area contributed by atoms with Crippen LogP contribution in [0.15, 0.2) is 54.9 Å². The van der Waals surface area contributed by atoms with Crippen molar-refractivity contribution in [2.45, 2.75) is 38.9 Å². The quantitative estimate of drug-likeness (QED) is 0.424. The van der Waals surface area contributed by atoms with E-state index in [4.69, 9.17) is 5.26 Å². The van der Waals surface area contributed by atoms with Crippen molar-refractivity contribution in [1.29, 1.82) is 5.26 Å². The van der Waals surface area contributed by atoms with Crippen LogP contribution < -0.4 is 10.6 Å². The van der Waals surface area contributed by atoms with Crippen molar-refractivity contribution in [3.8, 4) is 6.07 Å². The fraction of sp³-hybridized carbons (Fsp3) is 0.269. The molecule has 2 aromatic heterocycles. The molecule has 1 aromatic carbocycles. The number of nitrogens with one attached hydrogen (secondary N) is 2. The number of hydrogen-bond acceptors (Lipinski definition) is 6. The van der Waals surface area contributed by atoms with Gasteiger partial charge in [-0.25, -0.2) is 4.98 Å². The normalized spacial score (nSPS) is 14.0. The number of Topliss-reactive ketones (excluding diaryl/α,β-unsaturated/α-hetero) is 1. The van der Waals surface area contributed by atoms with E-state index < -0.39 is 17.2 Å². The third kappa shape index (κ3) is 5.68. The van der Waals surface area contributed by atoms with E-state index in [1.165, 1.54) is 30.6 Å². The van der Waals surface area contributed by atoms with Gasteiger partial charge in [-0.1, -0.05) is 11.6 Å². The van der Waals surface area contributed by atoms with E-state index >= 15 is 0 Å². The minimum absolute atomic E-state index is 0.0424. The Morgan fingerprint density at radius 2 is 1.86 bits per heavy atom. The number of benzene rings is 1. The van der Waals surface area contributed by atoms with E-state index in [9.17, 15) is 22.8 Å². The second-order valence-electron chi connectivity index (χ2n) is 8.82. The summed E-state index contributed by atoms with van der Waals surface area (Å²) in [5.41, 5.74) is 0.340. The number of amides is 1. The standard InChI is InChI=1S/C26H22F3N5O2/c1-16-2-7-22(21(10-16)26(27,28)29)34-20-6-5-19(32-15-20)14-33-24(36)25(8-9-25)11-23(35)17-3-4-18(12-30)31-13-17/h2-7,10,13,15,34H,8-9,11,14H2,1H3,(H,33,36). The fourth-order valence-electron chi connectivity index (χ4n) is 3.79. The van der Waals surface area contributed by atoms with Gasteiger partial charge in [0.05, 0.1) is 40.8 Å². The zero-order chi connectivity index (χ0) is 25.9. The van der Waals surface area contributed by atoms with Crippen LogP contribution in [0.5, 0.6) is 0 Å². The Morgan fingerprint density at radius 1 is 1.08 bits per heavy atom. The van der Waals surface area contributed by atoms with Crippen LogP contribution in [-0.4, -0.2) is 21.7 Å². The summed E-state index contributed by atoms with van der Waals surface area (Å²) in [7, 11) is 0. The molecule has 0 atom stereocenters. The molecule has 36 heavy (non-hydrogen) atoms. The Labute approximate surface area is 205 Å². The zero-order valence-electron chi connectivity index (χ0n) is 19.3. The first-order valence-electron chi connectivity index (χ1n) is 11.2. The maximum atomic E-state index is 13.3. The molecule has 1 saturated carbocycles. The van der Waals surface area contributed by atoms with Crippen LogP contribution in [0.1, 0.15) is 52.1 Å². The maximum Gasteiger partial charge on any atom is 0.418 e. The summed E-state index contributed by atoms with van der Waals surface area (Å²) in [5.74, 6) is -0.474. The number of ketones is 1. The van der Waals surface area contributed by atoms with Gasteiger partial charge in [0.2, 0.25) is 5.91 Å². The molecule has 0 bridgehead atoms. The molecule has 7 nitrogen and oxygen atoms in total. The van der Waals surface area contributed by atoms with Gasteiger partial charge in [-0.05, 0) is 56.2 Å². The van der Waals surface area contributed by atoms with E-state index in [-0.39, 0.29) is 36.0 Å². The largest absolute Gasteiger partial charge is 0.418 e. The monoisotopic (exact) mass is 493 g/mol. The highest BCUT2D eigenvalue weighted by Gasteiger charge is 2.51. The van der Waals surface area contributed by atoms with Crippen LogP contribution in [-0.2, 0) is 17.5 Å². The van der Waals surface area contributed by atoms with Crippen LogP contribution in [0, 0.1) is 23.7 Å². The predicted molar refractivity (Wildman–Crippen MR) is 125 cm³/mol. The minimum Gasteiger partial charge on any atom is -0.354 e. The number of aryl methyl sites for hydroxylation is 1. The van der Waals surface area contributed by atoms with Gasteiger partial charge in [0.15, 0.2) is 5.78 Å². The first-order valence-corrected chi connectivity index (χ1v) is 11.2. The van der Waals surface area contributed by atoms with Crippen molar-refractivity contribution in [2.75, 3.05) is 5.32 Å². The second kappa shape index (κ2) is 9.77. The molecule has 0 saturated heterocycles. The summed E-state index contributed by atoms with van der Waals surface area (Å²) in [6.45, 7) is 1.71. The van der Waals surface area contributed by atoms with Crippen molar-refractivity contribution < 1.29 is 22.8 Å². The highest BCUT2D eigenvalue weighted by atomic mass is 19.4. The first kappa shape index (κ1) is 24.9. The third-order valence-corrected chi connectivity index (χ3v) is 6.05. The number of carbonyl (C=O) groups is 2. The number of nitrogens with zero attached hydrogens (tertiary/aromatic N) is 3. The van der Waals surface area contributed by atoms with Crippen molar-refractivity contribution in [3.05, 3.63) is 82.9 Å². The van der Waals surface area contributed by atoms with E-state index in [0.29, 0.717) is 35.3 Å². The average molecular weight is 493 g/mol. The molecule has 0 radical (unpaired) electrons. The number of alkyl halides is 3. The predicted octanol–water partition coefficient (Wildman–Crippen LogP) is 5.09. The van der Waals surface area contributed by atoms with Crippen LogP contribution >= 0.6 is 0 Å². The highest BCUT2D eigenvalue weighted by molar-refractivity contribution is 6.00. The van der Waals surface area contributed by atoms with Crippen LogP contribution in [0.4, 0.5) is 24.5 Å².